The number of halogens is 1. The van der Waals surface area contributed by atoms with Crippen LogP contribution in [0.4, 0.5) is 0 Å². The van der Waals surface area contributed by atoms with E-state index in [-0.39, 0.29) is 18.3 Å². The van der Waals surface area contributed by atoms with Crippen molar-refractivity contribution in [3.8, 4) is 11.4 Å². The number of aryl methyl sites for hydroxylation is 2. The molecular weight excluding hydrogens is 542 g/mol. The summed E-state index contributed by atoms with van der Waals surface area (Å²) >= 11 is 2.27. The summed E-state index contributed by atoms with van der Waals surface area (Å²) in [6, 6.07) is 7.74. The van der Waals surface area contributed by atoms with E-state index in [1.54, 1.807) is 24.8 Å². The van der Waals surface area contributed by atoms with Gasteiger partial charge in [-0.15, -0.1) is 0 Å². The van der Waals surface area contributed by atoms with Crippen LogP contribution in [0.15, 0.2) is 61.4 Å². The Kier molecular flexibility index (Phi) is 6.93. The monoisotopic (exact) mass is 570 g/mol. The fourth-order valence-corrected chi connectivity index (χ4v) is 3.73. The van der Waals surface area contributed by atoms with Gasteiger partial charge in [-0.3, -0.25) is 9.97 Å². The van der Waals surface area contributed by atoms with Crippen molar-refractivity contribution in [1.82, 2.24) is 29.5 Å². The summed E-state index contributed by atoms with van der Waals surface area (Å²) in [5, 5.41) is 8.89. The molecule has 4 aromatic rings. The van der Waals surface area contributed by atoms with E-state index in [2.05, 4.69) is 42.8 Å². The van der Waals surface area contributed by atoms with Crippen LogP contribution in [0, 0.1) is 17.4 Å². The number of hydrogen-bond acceptors (Lipinski definition) is 6. The molecule has 8 nitrogen and oxygen atoms in total. The molecule has 4 aromatic heterocycles. The zero-order valence-corrected chi connectivity index (χ0v) is 22.4. The Balaban J connectivity index is 0.000000180. The molecule has 0 saturated carbocycles. The quantitative estimate of drug-likeness (QED) is 0.273. The molecule has 0 aromatic carbocycles. The van der Waals surface area contributed by atoms with Crippen LogP contribution < -0.4 is 5.46 Å². The lowest BCUT2D eigenvalue weighted by atomic mass is 9.79. The van der Waals surface area contributed by atoms with Gasteiger partial charge in [0.2, 0.25) is 0 Å². The normalized spacial score (nSPS) is 16.3. The fraction of sp³-hybridized carbons (Fsp3) is 0.333. The predicted molar refractivity (Wildman–Crippen MR) is 141 cm³/mol. The molecule has 0 bridgehead atoms. The highest BCUT2D eigenvalue weighted by atomic mass is 127. The van der Waals surface area contributed by atoms with E-state index < -0.39 is 0 Å². The zero-order chi connectivity index (χ0) is 24.5. The summed E-state index contributed by atoms with van der Waals surface area (Å²) in [6.07, 6.45) is 11.0. The lowest BCUT2D eigenvalue weighted by Gasteiger charge is -2.32. The van der Waals surface area contributed by atoms with Crippen LogP contribution in [0.5, 0.6) is 0 Å². The van der Waals surface area contributed by atoms with Crippen molar-refractivity contribution >= 4 is 35.2 Å². The first-order chi connectivity index (χ1) is 16.1. The highest BCUT2D eigenvalue weighted by Crippen LogP contribution is 2.36. The van der Waals surface area contributed by atoms with Gasteiger partial charge in [0.15, 0.2) is 0 Å². The number of pyridine rings is 2. The maximum absolute atomic E-state index is 6.09. The molecule has 0 atom stereocenters. The van der Waals surface area contributed by atoms with Gasteiger partial charge in [-0.1, -0.05) is 0 Å². The van der Waals surface area contributed by atoms with Gasteiger partial charge in [-0.2, -0.15) is 10.2 Å². The minimum atomic E-state index is -0.388. The Hall–Kier alpha value is -2.57. The highest BCUT2D eigenvalue weighted by molar-refractivity contribution is 14.1. The third-order valence-corrected chi connectivity index (χ3v) is 7.16. The Bertz CT molecular complexity index is 1220. The first-order valence-corrected chi connectivity index (χ1v) is 12.1. The van der Waals surface area contributed by atoms with Gasteiger partial charge in [-0.25, -0.2) is 9.36 Å². The minimum Gasteiger partial charge on any atom is -0.399 e. The smallest absolute Gasteiger partial charge is 0.399 e. The first-order valence-electron chi connectivity index (χ1n) is 11.0. The fourth-order valence-electron chi connectivity index (χ4n) is 3.36. The second kappa shape index (κ2) is 9.59. The molecule has 0 amide bonds. The van der Waals surface area contributed by atoms with Gasteiger partial charge < -0.3 is 9.31 Å². The van der Waals surface area contributed by atoms with E-state index in [9.17, 15) is 0 Å². The summed E-state index contributed by atoms with van der Waals surface area (Å²) < 4.78 is 17.0. The van der Waals surface area contributed by atoms with E-state index in [0.29, 0.717) is 0 Å². The van der Waals surface area contributed by atoms with Crippen LogP contribution >= 0.6 is 22.6 Å². The maximum Gasteiger partial charge on any atom is 0.498 e. The molecule has 1 fully saturated rings. The Labute approximate surface area is 214 Å². The van der Waals surface area contributed by atoms with Gasteiger partial charge in [0, 0.05) is 30.3 Å². The van der Waals surface area contributed by atoms with Gasteiger partial charge in [0.05, 0.1) is 49.9 Å². The molecule has 34 heavy (non-hydrogen) atoms. The molecule has 5 heterocycles. The minimum absolute atomic E-state index is 0.347. The average Bonchev–Trinajstić information content (AvgIpc) is 3.43. The third-order valence-electron chi connectivity index (χ3n) is 6.10. The van der Waals surface area contributed by atoms with Crippen molar-refractivity contribution in [2.75, 3.05) is 0 Å². The van der Waals surface area contributed by atoms with Crippen LogP contribution in [-0.4, -0.2) is 47.8 Å². The van der Waals surface area contributed by atoms with Crippen LogP contribution in [0.2, 0.25) is 0 Å². The third kappa shape index (κ3) is 5.08. The van der Waals surface area contributed by atoms with E-state index >= 15 is 0 Å². The molecule has 0 N–H and O–H groups in total. The van der Waals surface area contributed by atoms with Gasteiger partial charge >= 0.3 is 7.12 Å². The second-order valence-corrected chi connectivity index (χ2v) is 10.3. The van der Waals surface area contributed by atoms with Crippen LogP contribution in [-0.2, 0) is 9.31 Å². The van der Waals surface area contributed by atoms with E-state index in [1.165, 1.54) is 3.57 Å². The Morgan fingerprint density at radius 1 is 0.794 bits per heavy atom. The average molecular weight is 570 g/mol. The molecule has 1 saturated heterocycles. The topological polar surface area (TPSA) is 79.9 Å². The molecule has 0 aliphatic carbocycles. The van der Waals surface area contributed by atoms with Crippen molar-refractivity contribution in [1.29, 1.82) is 0 Å². The molecule has 176 valence electrons. The summed E-state index contributed by atoms with van der Waals surface area (Å²) in [4.78, 5) is 8.16. The largest absolute Gasteiger partial charge is 0.498 e. The zero-order valence-electron chi connectivity index (χ0n) is 20.2. The van der Waals surface area contributed by atoms with Crippen molar-refractivity contribution < 1.29 is 9.31 Å². The number of nitrogens with zero attached hydrogens (tertiary/aromatic N) is 6. The van der Waals surface area contributed by atoms with Crippen molar-refractivity contribution in [3.63, 3.8) is 0 Å². The summed E-state index contributed by atoms with van der Waals surface area (Å²) in [5.41, 5.74) is 4.12. The maximum atomic E-state index is 6.09. The van der Waals surface area contributed by atoms with Crippen molar-refractivity contribution in [2.24, 2.45) is 0 Å². The van der Waals surface area contributed by atoms with Gasteiger partial charge in [0.25, 0.3) is 0 Å². The predicted octanol–water partition coefficient (Wildman–Crippen LogP) is 4.06. The molecular formula is C24H28BIN6O2. The van der Waals surface area contributed by atoms with Gasteiger partial charge in [-0.05, 0) is 88.4 Å². The first kappa shape index (κ1) is 24.6. The Morgan fingerprint density at radius 2 is 1.29 bits per heavy atom. The Morgan fingerprint density at radius 3 is 1.74 bits per heavy atom. The van der Waals surface area contributed by atoms with Crippen LogP contribution in [0.1, 0.15) is 39.1 Å². The van der Waals surface area contributed by atoms with E-state index in [0.717, 1.165) is 28.2 Å². The standard InChI is InChI=1S/C15H20BN3O2.C9H8IN3/c1-11-13(16-20-14(2,3)15(4,5)21-16)10-19(18-11)12-7-6-8-17-9-12;1-7-9(10)6-13(12-7)8-3-2-4-11-5-8/h6-10H,1-5H3;2-6H,1H3. The number of aromatic nitrogens is 6. The summed E-state index contributed by atoms with van der Waals surface area (Å²) in [7, 11) is -0.388. The SMILES string of the molecule is Cc1nn(-c2cccnc2)cc1B1OC(C)(C)C(C)(C)O1.Cc1nn(-c2cccnc2)cc1I. The number of rotatable bonds is 3. The lowest BCUT2D eigenvalue weighted by molar-refractivity contribution is 0.00578. The van der Waals surface area contributed by atoms with Gasteiger partial charge in [0.1, 0.15) is 0 Å². The van der Waals surface area contributed by atoms with E-state index in [1.807, 2.05) is 87.6 Å². The summed E-state index contributed by atoms with van der Waals surface area (Å²) in [6.45, 7) is 12.2. The number of hydrogen-bond donors (Lipinski definition) is 0. The molecule has 10 heteroatoms. The molecule has 1 aliphatic rings. The molecule has 5 rings (SSSR count). The van der Waals surface area contributed by atoms with Crippen molar-refractivity contribution in [3.05, 3.63) is 76.4 Å². The molecule has 0 spiro atoms. The molecule has 0 unspecified atom stereocenters. The van der Waals surface area contributed by atoms with Crippen molar-refractivity contribution in [2.45, 2.75) is 52.7 Å². The summed E-state index contributed by atoms with van der Waals surface area (Å²) in [5.74, 6) is 0. The van der Waals surface area contributed by atoms with E-state index in [4.69, 9.17) is 9.31 Å². The second-order valence-electron chi connectivity index (χ2n) is 9.13. The molecule has 0 radical (unpaired) electrons. The highest BCUT2D eigenvalue weighted by Gasteiger charge is 2.52. The van der Waals surface area contributed by atoms with Crippen LogP contribution in [0.25, 0.3) is 11.4 Å². The van der Waals surface area contributed by atoms with Crippen LogP contribution in [0.3, 0.4) is 0 Å². The molecule has 1 aliphatic heterocycles. The lowest BCUT2D eigenvalue weighted by Crippen LogP contribution is -2.41.